The minimum Gasteiger partial charge on any atom is -0.512 e. The number of carbonyl (C=O) groups is 1. The highest BCUT2D eigenvalue weighted by Crippen LogP contribution is 2.31. The van der Waals surface area contributed by atoms with E-state index in [-0.39, 0.29) is 11.8 Å². The molecule has 3 heteroatoms. The highest BCUT2D eigenvalue weighted by atomic mass is 16.3. The number of fused-ring (bicyclic) bond motifs is 1. The summed E-state index contributed by atoms with van der Waals surface area (Å²) < 4.78 is 0. The lowest BCUT2D eigenvalue weighted by Gasteiger charge is -2.27. The summed E-state index contributed by atoms with van der Waals surface area (Å²) >= 11 is 0. The molecule has 0 amide bonds. The number of ketones is 1. The molecule has 1 aliphatic heterocycles. The lowest BCUT2D eigenvalue weighted by atomic mass is 9.83. The second-order valence-corrected chi connectivity index (χ2v) is 5.09. The molecule has 1 aromatic rings. The summed E-state index contributed by atoms with van der Waals surface area (Å²) in [7, 11) is 0. The van der Waals surface area contributed by atoms with E-state index >= 15 is 0 Å². The van der Waals surface area contributed by atoms with Crippen LogP contribution in [0.1, 0.15) is 36.4 Å². The second kappa shape index (κ2) is 4.58. The third-order valence-electron chi connectivity index (χ3n) is 3.95. The number of Topliss-reactive ketones (excluding diaryl/α,β-unsaturated/α-hetero) is 1. The molecule has 3 nitrogen and oxygen atoms in total. The fourth-order valence-electron chi connectivity index (χ4n) is 3.07. The SMILES string of the molecule is O=C1CCCC(O)=C1[C@H]1[NH2+]CCc2ccccc21. The first kappa shape index (κ1) is 11.5. The molecule has 0 spiro atoms. The molecule has 1 atom stereocenters. The van der Waals surface area contributed by atoms with Gasteiger partial charge in [0.25, 0.3) is 0 Å². The minimum absolute atomic E-state index is 0.00255. The number of aliphatic hydroxyl groups excluding tert-OH is 1. The van der Waals surface area contributed by atoms with Crippen molar-refractivity contribution in [2.24, 2.45) is 0 Å². The van der Waals surface area contributed by atoms with Crippen LogP contribution in [-0.4, -0.2) is 17.4 Å². The van der Waals surface area contributed by atoms with Gasteiger partial charge in [-0.15, -0.1) is 0 Å². The Labute approximate surface area is 107 Å². The average molecular weight is 244 g/mol. The molecule has 3 N–H and O–H groups in total. The lowest BCUT2D eigenvalue weighted by Crippen LogP contribution is -2.87. The quantitative estimate of drug-likeness (QED) is 0.785. The monoisotopic (exact) mass is 244 g/mol. The molecule has 0 aromatic heterocycles. The van der Waals surface area contributed by atoms with Gasteiger partial charge in [0.05, 0.1) is 12.1 Å². The Morgan fingerprint density at radius 3 is 2.83 bits per heavy atom. The van der Waals surface area contributed by atoms with Crippen LogP contribution >= 0.6 is 0 Å². The number of aliphatic hydroxyl groups is 1. The minimum atomic E-state index is 0.00255. The lowest BCUT2D eigenvalue weighted by molar-refractivity contribution is -0.690. The molecule has 94 valence electrons. The van der Waals surface area contributed by atoms with Crippen LogP contribution in [0.3, 0.4) is 0 Å². The topological polar surface area (TPSA) is 53.9 Å². The Kier molecular flexibility index (Phi) is 2.92. The largest absolute Gasteiger partial charge is 0.512 e. The van der Waals surface area contributed by atoms with Gasteiger partial charge < -0.3 is 10.4 Å². The van der Waals surface area contributed by atoms with Crippen LogP contribution in [0.25, 0.3) is 0 Å². The zero-order chi connectivity index (χ0) is 12.5. The van der Waals surface area contributed by atoms with Gasteiger partial charge in [0.1, 0.15) is 11.8 Å². The highest BCUT2D eigenvalue weighted by Gasteiger charge is 2.34. The van der Waals surface area contributed by atoms with Crippen molar-refractivity contribution in [1.82, 2.24) is 0 Å². The summed E-state index contributed by atoms with van der Waals surface area (Å²) in [5.41, 5.74) is 3.15. The highest BCUT2D eigenvalue weighted by molar-refractivity contribution is 5.97. The predicted octanol–water partition coefficient (Wildman–Crippen LogP) is 1.41. The molecule has 0 saturated heterocycles. The molecule has 3 rings (SSSR count). The van der Waals surface area contributed by atoms with Crippen molar-refractivity contribution in [2.75, 3.05) is 6.54 Å². The van der Waals surface area contributed by atoms with Crippen LogP contribution in [0.15, 0.2) is 35.6 Å². The number of carbonyl (C=O) groups excluding carboxylic acids is 1. The molecule has 1 aliphatic carbocycles. The molecular formula is C15H18NO2+. The van der Waals surface area contributed by atoms with Crippen molar-refractivity contribution in [3.63, 3.8) is 0 Å². The van der Waals surface area contributed by atoms with E-state index < -0.39 is 0 Å². The number of allylic oxidation sites excluding steroid dienone is 1. The standard InChI is InChI=1S/C15H17NO2/c17-12-6-3-7-13(18)14(12)15-11-5-2-1-4-10(11)8-9-16-15/h1-2,4-5,15-17H,3,6-9H2/p+1/t15-/m0/s1. The van der Waals surface area contributed by atoms with Gasteiger partial charge in [-0.2, -0.15) is 0 Å². The fourth-order valence-corrected chi connectivity index (χ4v) is 3.07. The third kappa shape index (κ3) is 1.85. The Hall–Kier alpha value is -1.61. The van der Waals surface area contributed by atoms with Gasteiger partial charge in [-0.3, -0.25) is 4.79 Å². The summed E-state index contributed by atoms with van der Waals surface area (Å²) in [6.45, 7) is 0.978. The number of hydrogen-bond acceptors (Lipinski definition) is 2. The molecule has 0 bridgehead atoms. The molecular weight excluding hydrogens is 226 g/mol. The van der Waals surface area contributed by atoms with Crippen LogP contribution in [0, 0.1) is 0 Å². The van der Waals surface area contributed by atoms with Gasteiger partial charge >= 0.3 is 0 Å². The first-order valence-corrected chi connectivity index (χ1v) is 6.63. The van der Waals surface area contributed by atoms with Crippen molar-refractivity contribution in [3.8, 4) is 0 Å². The van der Waals surface area contributed by atoms with E-state index in [1.807, 2.05) is 12.1 Å². The van der Waals surface area contributed by atoms with Crippen LogP contribution in [-0.2, 0) is 11.2 Å². The average Bonchev–Trinajstić information content (AvgIpc) is 2.39. The third-order valence-corrected chi connectivity index (χ3v) is 3.95. The maximum absolute atomic E-state index is 12.1. The molecule has 1 aromatic carbocycles. The Bertz CT molecular complexity index is 519. The van der Waals surface area contributed by atoms with Crippen LogP contribution < -0.4 is 5.32 Å². The Morgan fingerprint density at radius 2 is 2.00 bits per heavy atom. The van der Waals surface area contributed by atoms with Crippen LogP contribution in [0.4, 0.5) is 0 Å². The van der Waals surface area contributed by atoms with E-state index in [1.165, 1.54) is 11.1 Å². The second-order valence-electron chi connectivity index (χ2n) is 5.09. The summed E-state index contributed by atoms with van der Waals surface area (Å²) in [5, 5.41) is 12.2. The molecule has 0 radical (unpaired) electrons. The van der Waals surface area contributed by atoms with Crippen molar-refractivity contribution in [2.45, 2.75) is 31.7 Å². The molecule has 0 unspecified atom stereocenters. The van der Waals surface area contributed by atoms with E-state index in [2.05, 4.69) is 17.4 Å². The van der Waals surface area contributed by atoms with Gasteiger partial charge in [-0.05, 0) is 12.0 Å². The number of rotatable bonds is 1. The number of benzene rings is 1. The van der Waals surface area contributed by atoms with Crippen LogP contribution in [0.2, 0.25) is 0 Å². The summed E-state index contributed by atoms with van der Waals surface area (Å²) in [4.78, 5) is 12.1. The summed E-state index contributed by atoms with van der Waals surface area (Å²) in [5.74, 6) is 0.431. The first-order valence-electron chi connectivity index (χ1n) is 6.63. The summed E-state index contributed by atoms with van der Waals surface area (Å²) in [6.07, 6.45) is 3.04. The number of quaternary nitrogens is 1. The van der Waals surface area contributed by atoms with Gasteiger partial charge in [0.2, 0.25) is 0 Å². The van der Waals surface area contributed by atoms with Gasteiger partial charge in [-0.25, -0.2) is 0 Å². The predicted molar refractivity (Wildman–Crippen MR) is 68.2 cm³/mol. The van der Waals surface area contributed by atoms with E-state index in [0.29, 0.717) is 24.2 Å². The molecule has 1 heterocycles. The maximum atomic E-state index is 12.1. The molecule has 0 saturated carbocycles. The first-order chi connectivity index (χ1) is 8.77. The van der Waals surface area contributed by atoms with E-state index in [9.17, 15) is 9.90 Å². The van der Waals surface area contributed by atoms with Gasteiger partial charge in [0, 0.05) is 24.8 Å². The smallest absolute Gasteiger partial charge is 0.168 e. The van der Waals surface area contributed by atoms with Crippen LogP contribution in [0.5, 0.6) is 0 Å². The zero-order valence-electron chi connectivity index (χ0n) is 10.4. The molecule has 2 aliphatic rings. The normalized spacial score (nSPS) is 24.0. The van der Waals surface area contributed by atoms with Crippen molar-refractivity contribution < 1.29 is 15.2 Å². The fraction of sp³-hybridized carbons (Fsp3) is 0.400. The van der Waals surface area contributed by atoms with Gasteiger partial charge in [-0.1, -0.05) is 24.3 Å². The van der Waals surface area contributed by atoms with E-state index in [1.54, 1.807) is 0 Å². The van der Waals surface area contributed by atoms with Gasteiger partial charge in [0.15, 0.2) is 5.78 Å². The van der Waals surface area contributed by atoms with E-state index in [4.69, 9.17) is 0 Å². The number of hydrogen-bond donors (Lipinski definition) is 2. The number of nitrogens with two attached hydrogens (primary N) is 1. The molecule has 18 heavy (non-hydrogen) atoms. The Morgan fingerprint density at radius 1 is 1.17 bits per heavy atom. The summed E-state index contributed by atoms with van der Waals surface area (Å²) in [6, 6.07) is 8.26. The van der Waals surface area contributed by atoms with Crippen molar-refractivity contribution >= 4 is 5.78 Å². The maximum Gasteiger partial charge on any atom is 0.168 e. The van der Waals surface area contributed by atoms with Crippen molar-refractivity contribution in [1.29, 1.82) is 0 Å². The van der Waals surface area contributed by atoms with Crippen molar-refractivity contribution in [3.05, 3.63) is 46.7 Å². The molecule has 0 fully saturated rings. The van der Waals surface area contributed by atoms with E-state index in [0.717, 1.165) is 19.4 Å². The zero-order valence-corrected chi connectivity index (χ0v) is 10.4. The Balaban J connectivity index is 2.06.